The molecule has 0 aliphatic rings. The number of pyridine rings is 1. The lowest BCUT2D eigenvalue weighted by atomic mass is 10.2. The van der Waals surface area contributed by atoms with E-state index in [9.17, 15) is 0 Å². The van der Waals surface area contributed by atoms with Crippen LogP contribution in [0.1, 0.15) is 16.7 Å². The largest absolute Gasteiger partial charge is 0.263 e. The normalized spacial score (nSPS) is 10.5. The van der Waals surface area contributed by atoms with Gasteiger partial charge in [-0.25, -0.2) is 0 Å². The van der Waals surface area contributed by atoms with Crippen LogP contribution in [0.25, 0.3) is 0 Å². The molecule has 0 saturated carbocycles. The lowest BCUT2D eigenvalue weighted by Gasteiger charge is -2.06. The predicted octanol–water partition coefficient (Wildman–Crippen LogP) is 4.75. The van der Waals surface area contributed by atoms with Gasteiger partial charge in [-0.1, -0.05) is 17.7 Å². The highest BCUT2D eigenvalue weighted by molar-refractivity contribution is 9.10. The minimum atomic E-state index is 0.955. The van der Waals surface area contributed by atoms with E-state index in [0.717, 1.165) is 10.2 Å². The molecule has 1 aromatic heterocycles. The summed E-state index contributed by atoms with van der Waals surface area (Å²) in [6, 6.07) is 8.69. The van der Waals surface area contributed by atoms with Crippen LogP contribution in [-0.2, 0) is 5.75 Å². The Morgan fingerprint density at radius 3 is 2.71 bits per heavy atom. The molecular weight excluding hydrogens is 294 g/mol. The number of hydrogen-bond acceptors (Lipinski definition) is 2. The quantitative estimate of drug-likeness (QED) is 0.759. The number of aryl methyl sites for hydroxylation is 2. The Hall–Kier alpha value is -0.800. The number of nitrogens with zero attached hydrogens (tertiary/aromatic N) is 1. The van der Waals surface area contributed by atoms with Crippen LogP contribution in [0.5, 0.6) is 0 Å². The minimum Gasteiger partial charge on any atom is -0.263 e. The predicted molar refractivity (Wildman–Crippen MR) is 77.4 cm³/mol. The summed E-state index contributed by atoms with van der Waals surface area (Å²) < 4.78 is 1.04. The van der Waals surface area contributed by atoms with Crippen molar-refractivity contribution in [3.05, 3.63) is 57.8 Å². The van der Waals surface area contributed by atoms with Crippen LogP contribution in [0.15, 0.2) is 46.0 Å². The van der Waals surface area contributed by atoms with Crippen LogP contribution >= 0.6 is 27.7 Å². The Labute approximate surface area is 115 Å². The van der Waals surface area contributed by atoms with Gasteiger partial charge in [0.25, 0.3) is 0 Å². The van der Waals surface area contributed by atoms with E-state index in [-0.39, 0.29) is 0 Å². The molecule has 0 radical (unpaired) electrons. The highest BCUT2D eigenvalue weighted by Crippen LogP contribution is 2.27. The molecule has 0 unspecified atom stereocenters. The molecule has 0 spiro atoms. The summed E-state index contributed by atoms with van der Waals surface area (Å²) in [5.74, 6) is 0.955. The summed E-state index contributed by atoms with van der Waals surface area (Å²) in [5, 5.41) is 0. The van der Waals surface area contributed by atoms with E-state index < -0.39 is 0 Å². The number of thioether (sulfide) groups is 1. The lowest BCUT2D eigenvalue weighted by molar-refractivity contribution is 1.22. The molecule has 0 saturated heterocycles. The number of hydrogen-bond donors (Lipinski definition) is 0. The minimum absolute atomic E-state index is 0.955. The van der Waals surface area contributed by atoms with E-state index in [1.54, 1.807) is 0 Å². The average molecular weight is 308 g/mol. The van der Waals surface area contributed by atoms with E-state index in [2.05, 4.69) is 59.0 Å². The maximum absolute atomic E-state index is 4.17. The molecule has 3 heteroatoms. The zero-order valence-electron chi connectivity index (χ0n) is 9.90. The fourth-order valence-corrected chi connectivity index (χ4v) is 3.00. The maximum atomic E-state index is 4.17. The molecule has 0 aliphatic heterocycles. The Bertz CT molecular complexity index is 525. The van der Waals surface area contributed by atoms with E-state index in [0.29, 0.717) is 0 Å². The monoisotopic (exact) mass is 307 g/mol. The molecule has 88 valence electrons. The van der Waals surface area contributed by atoms with Gasteiger partial charge in [0.1, 0.15) is 0 Å². The van der Waals surface area contributed by atoms with Gasteiger partial charge in [0.05, 0.1) is 0 Å². The van der Waals surface area contributed by atoms with Gasteiger partial charge in [-0.15, -0.1) is 11.8 Å². The molecule has 0 amide bonds. The van der Waals surface area contributed by atoms with Crippen molar-refractivity contribution in [3.63, 3.8) is 0 Å². The highest BCUT2D eigenvalue weighted by Gasteiger charge is 2.01. The fraction of sp³-hybridized carbons (Fsp3) is 0.214. The van der Waals surface area contributed by atoms with Gasteiger partial charge < -0.3 is 0 Å². The fourth-order valence-electron chi connectivity index (χ4n) is 1.66. The number of rotatable bonds is 3. The molecule has 1 nitrogen and oxygen atoms in total. The SMILES string of the molecule is Cc1ccc(SCc2cncc(Br)c2)c(C)c1. The van der Waals surface area contributed by atoms with Crippen molar-refractivity contribution < 1.29 is 0 Å². The second-order valence-electron chi connectivity index (χ2n) is 4.07. The van der Waals surface area contributed by atoms with Gasteiger partial charge in [-0.3, -0.25) is 4.98 Å². The third kappa shape index (κ3) is 3.58. The van der Waals surface area contributed by atoms with E-state index in [1.165, 1.54) is 21.6 Å². The first-order valence-corrected chi connectivity index (χ1v) is 7.22. The molecule has 0 N–H and O–H groups in total. The van der Waals surface area contributed by atoms with Crippen LogP contribution in [0.4, 0.5) is 0 Å². The second-order valence-corrected chi connectivity index (χ2v) is 6.00. The van der Waals surface area contributed by atoms with Crippen LogP contribution < -0.4 is 0 Å². The molecule has 17 heavy (non-hydrogen) atoms. The number of aromatic nitrogens is 1. The van der Waals surface area contributed by atoms with Crippen LogP contribution in [-0.4, -0.2) is 4.98 Å². The third-order valence-electron chi connectivity index (χ3n) is 2.49. The summed E-state index contributed by atoms with van der Waals surface area (Å²) >= 11 is 5.30. The van der Waals surface area contributed by atoms with Crippen molar-refractivity contribution in [2.24, 2.45) is 0 Å². The van der Waals surface area contributed by atoms with Crippen molar-refractivity contribution in [2.45, 2.75) is 24.5 Å². The van der Waals surface area contributed by atoms with Crippen molar-refractivity contribution in [2.75, 3.05) is 0 Å². The highest BCUT2D eigenvalue weighted by atomic mass is 79.9. The molecule has 1 aromatic carbocycles. The smallest absolute Gasteiger partial charge is 0.0410 e. The molecule has 0 bridgehead atoms. The van der Waals surface area contributed by atoms with Crippen LogP contribution in [0.2, 0.25) is 0 Å². The van der Waals surface area contributed by atoms with Crippen molar-refractivity contribution in [1.82, 2.24) is 4.98 Å². The van der Waals surface area contributed by atoms with Gasteiger partial charge >= 0.3 is 0 Å². The topological polar surface area (TPSA) is 12.9 Å². The first-order valence-electron chi connectivity index (χ1n) is 5.44. The lowest BCUT2D eigenvalue weighted by Crippen LogP contribution is -1.85. The first kappa shape index (κ1) is 12.7. The number of halogens is 1. The summed E-state index contributed by atoms with van der Waals surface area (Å²) in [6.45, 7) is 4.29. The van der Waals surface area contributed by atoms with Crippen molar-refractivity contribution in [1.29, 1.82) is 0 Å². The Kier molecular flexibility index (Phi) is 4.24. The van der Waals surface area contributed by atoms with Gasteiger partial charge in [-0.05, 0) is 53.0 Å². The molecular formula is C14H14BrNS. The molecule has 2 rings (SSSR count). The third-order valence-corrected chi connectivity index (χ3v) is 4.17. The molecule has 0 aliphatic carbocycles. The number of benzene rings is 1. The summed E-state index contributed by atoms with van der Waals surface area (Å²) in [5.41, 5.74) is 3.90. The zero-order chi connectivity index (χ0) is 12.3. The molecule has 2 aromatic rings. The standard InChI is InChI=1S/C14H14BrNS/c1-10-3-4-14(11(2)5-10)17-9-12-6-13(15)8-16-7-12/h3-8H,9H2,1-2H3. The van der Waals surface area contributed by atoms with Gasteiger partial charge in [0.15, 0.2) is 0 Å². The van der Waals surface area contributed by atoms with Crippen molar-refractivity contribution >= 4 is 27.7 Å². The van der Waals surface area contributed by atoms with Crippen molar-refractivity contribution in [3.8, 4) is 0 Å². The summed E-state index contributed by atoms with van der Waals surface area (Å²) in [6.07, 6.45) is 3.73. The maximum Gasteiger partial charge on any atom is 0.0410 e. The van der Waals surface area contributed by atoms with Crippen LogP contribution in [0, 0.1) is 13.8 Å². The van der Waals surface area contributed by atoms with Gasteiger partial charge in [0.2, 0.25) is 0 Å². The Morgan fingerprint density at radius 2 is 2.00 bits per heavy atom. The van der Waals surface area contributed by atoms with Gasteiger partial charge in [-0.2, -0.15) is 0 Å². The molecule has 0 fully saturated rings. The molecule has 0 atom stereocenters. The second kappa shape index (κ2) is 5.69. The van der Waals surface area contributed by atoms with Crippen LogP contribution in [0.3, 0.4) is 0 Å². The Morgan fingerprint density at radius 1 is 1.18 bits per heavy atom. The zero-order valence-corrected chi connectivity index (χ0v) is 12.3. The summed E-state index contributed by atoms with van der Waals surface area (Å²) in [4.78, 5) is 5.52. The first-order chi connectivity index (χ1) is 8.15. The average Bonchev–Trinajstić information content (AvgIpc) is 2.28. The van der Waals surface area contributed by atoms with E-state index in [1.807, 2.05) is 24.2 Å². The van der Waals surface area contributed by atoms with E-state index in [4.69, 9.17) is 0 Å². The Balaban J connectivity index is 2.07. The van der Waals surface area contributed by atoms with Gasteiger partial charge in [0, 0.05) is 27.5 Å². The summed E-state index contributed by atoms with van der Waals surface area (Å²) in [7, 11) is 0. The van der Waals surface area contributed by atoms with E-state index >= 15 is 0 Å². The molecule has 1 heterocycles.